The first-order valence-electron chi connectivity index (χ1n) is 11.3. The van der Waals surface area contributed by atoms with E-state index < -0.39 is 0 Å². The van der Waals surface area contributed by atoms with E-state index in [1.807, 2.05) is 24.4 Å². The van der Waals surface area contributed by atoms with Crippen molar-refractivity contribution in [1.82, 2.24) is 9.88 Å². The Labute approximate surface area is 192 Å². The Morgan fingerprint density at radius 3 is 2.76 bits per heavy atom. The van der Waals surface area contributed by atoms with Gasteiger partial charge in [-0.25, -0.2) is 4.39 Å². The van der Waals surface area contributed by atoms with E-state index in [2.05, 4.69) is 40.3 Å². The average Bonchev–Trinajstić information content (AvgIpc) is 3.38. The monoisotopic (exact) mass is 443 g/mol. The number of fused-ring (bicyclic) bond motifs is 2. The highest BCUT2D eigenvalue weighted by molar-refractivity contribution is 6.36. The maximum atomic E-state index is 13.8. The number of ether oxygens (including phenoxy) is 1. The Morgan fingerprint density at radius 2 is 1.94 bits per heavy atom. The summed E-state index contributed by atoms with van der Waals surface area (Å²) in [7, 11) is 0. The Balaban J connectivity index is 1.30. The van der Waals surface area contributed by atoms with Gasteiger partial charge in [0.2, 0.25) is 0 Å². The third-order valence-electron chi connectivity index (χ3n) is 6.31. The molecule has 5 nitrogen and oxygen atoms in total. The summed E-state index contributed by atoms with van der Waals surface area (Å²) in [4.78, 5) is 19.4. The lowest BCUT2D eigenvalue weighted by atomic mass is 9.98. The Kier molecular flexibility index (Phi) is 5.92. The van der Waals surface area contributed by atoms with Crippen molar-refractivity contribution in [3.05, 3.63) is 94.6 Å². The number of nitrogens with one attached hydrogen (secondary N) is 1. The second kappa shape index (κ2) is 9.16. The number of halogens is 1. The van der Waals surface area contributed by atoms with E-state index in [9.17, 15) is 9.18 Å². The van der Waals surface area contributed by atoms with Crippen LogP contribution in [-0.2, 0) is 29.0 Å². The Hall–Kier alpha value is -3.51. The number of hydrogen-bond donors (Lipinski definition) is 1. The summed E-state index contributed by atoms with van der Waals surface area (Å²) < 4.78 is 19.8. The maximum absolute atomic E-state index is 13.8. The molecule has 0 saturated carbocycles. The first-order chi connectivity index (χ1) is 16.1. The van der Waals surface area contributed by atoms with Gasteiger partial charge in [-0.2, -0.15) is 0 Å². The van der Waals surface area contributed by atoms with Crippen LogP contribution in [0.1, 0.15) is 34.9 Å². The Morgan fingerprint density at radius 1 is 1.06 bits per heavy atom. The summed E-state index contributed by atoms with van der Waals surface area (Å²) in [5.74, 6) is -0.0987. The lowest BCUT2D eigenvalue weighted by molar-refractivity contribution is -0.110. The van der Waals surface area contributed by atoms with Gasteiger partial charge in [-0.3, -0.25) is 9.78 Å². The molecular weight excluding hydrogens is 417 g/mol. The van der Waals surface area contributed by atoms with Crippen LogP contribution >= 0.6 is 0 Å². The van der Waals surface area contributed by atoms with Crippen molar-refractivity contribution in [2.24, 2.45) is 0 Å². The fraction of sp³-hybridized carbons (Fsp3) is 0.259. The van der Waals surface area contributed by atoms with E-state index in [4.69, 9.17) is 4.74 Å². The van der Waals surface area contributed by atoms with Crippen LogP contribution in [0.2, 0.25) is 0 Å². The van der Waals surface area contributed by atoms with Crippen LogP contribution < -0.4 is 5.32 Å². The lowest BCUT2D eigenvalue weighted by Crippen LogP contribution is -2.28. The second-order valence-corrected chi connectivity index (χ2v) is 8.38. The van der Waals surface area contributed by atoms with Crippen LogP contribution in [0.5, 0.6) is 0 Å². The molecule has 3 aromatic rings. The smallest absolute Gasteiger partial charge is 0.260 e. The molecule has 0 unspecified atom stereocenters. The zero-order valence-electron chi connectivity index (χ0n) is 18.6. The average molecular weight is 444 g/mol. The van der Waals surface area contributed by atoms with E-state index in [1.54, 1.807) is 6.07 Å². The number of rotatable bonds is 7. The van der Waals surface area contributed by atoms with Crippen molar-refractivity contribution in [3.8, 4) is 0 Å². The number of likely N-dealkylation sites (N-methyl/N-ethyl adjacent to an activating group) is 1. The number of carbonyl (C=O) groups is 1. The molecule has 33 heavy (non-hydrogen) atoms. The Bertz CT molecular complexity index is 1220. The van der Waals surface area contributed by atoms with Crippen LogP contribution in [0.3, 0.4) is 0 Å². The van der Waals surface area contributed by atoms with E-state index in [-0.39, 0.29) is 11.7 Å². The first-order valence-corrected chi connectivity index (χ1v) is 11.3. The molecule has 3 heterocycles. The SMILES string of the molecule is CCN(CCc1ccc2c(c1)CO/C2=C1/C(=O)Nc2ccc(F)cc21)CCc1ccccn1. The molecule has 0 saturated heterocycles. The van der Waals surface area contributed by atoms with Crippen LogP contribution in [-0.4, -0.2) is 35.4 Å². The van der Waals surface area contributed by atoms with Crippen molar-refractivity contribution in [3.63, 3.8) is 0 Å². The van der Waals surface area contributed by atoms with Gasteiger partial charge in [-0.1, -0.05) is 31.2 Å². The minimum Gasteiger partial charge on any atom is -0.487 e. The molecule has 0 atom stereocenters. The number of benzene rings is 2. The minimum atomic E-state index is -0.375. The fourth-order valence-corrected chi connectivity index (χ4v) is 4.48. The molecule has 0 bridgehead atoms. The number of aromatic nitrogens is 1. The van der Waals surface area contributed by atoms with Crippen LogP contribution in [0.15, 0.2) is 60.8 Å². The van der Waals surface area contributed by atoms with Gasteiger partial charge in [0.1, 0.15) is 18.2 Å². The summed E-state index contributed by atoms with van der Waals surface area (Å²) in [6, 6.07) is 16.6. The van der Waals surface area contributed by atoms with Gasteiger partial charge in [0, 0.05) is 53.8 Å². The maximum Gasteiger partial charge on any atom is 0.260 e. The summed E-state index contributed by atoms with van der Waals surface area (Å²) in [5, 5.41) is 2.80. The number of carbonyl (C=O) groups excluding carboxylic acids is 1. The first kappa shape index (κ1) is 21.3. The second-order valence-electron chi connectivity index (χ2n) is 8.38. The molecule has 2 aliphatic heterocycles. The summed E-state index contributed by atoms with van der Waals surface area (Å²) in [5.41, 5.74) is 5.89. The van der Waals surface area contributed by atoms with Gasteiger partial charge in [-0.15, -0.1) is 0 Å². The van der Waals surface area contributed by atoms with Gasteiger partial charge in [0.15, 0.2) is 0 Å². The molecule has 1 N–H and O–H groups in total. The zero-order chi connectivity index (χ0) is 22.8. The van der Waals surface area contributed by atoms with E-state index >= 15 is 0 Å². The number of amides is 1. The quantitative estimate of drug-likeness (QED) is 0.539. The van der Waals surface area contributed by atoms with Crippen molar-refractivity contribution in [2.45, 2.75) is 26.4 Å². The molecule has 0 aliphatic carbocycles. The molecule has 5 rings (SSSR count). The summed E-state index contributed by atoms with van der Waals surface area (Å²) in [6.07, 6.45) is 3.71. The largest absolute Gasteiger partial charge is 0.487 e. The number of hydrogen-bond acceptors (Lipinski definition) is 4. The van der Waals surface area contributed by atoms with Gasteiger partial charge in [-0.05, 0) is 48.9 Å². The summed E-state index contributed by atoms with van der Waals surface area (Å²) in [6.45, 7) is 5.52. The standard InChI is InChI=1S/C27H26FN3O2/c1-2-31(14-11-21-5-3-4-12-29-21)13-10-18-6-8-22-19(15-18)17-33-26(22)25-23-16-20(28)7-9-24(23)30-27(25)32/h3-9,12,15-16H,2,10-11,13-14,17H2,1H3,(H,30,32)/b26-25+. The van der Waals surface area contributed by atoms with Gasteiger partial charge >= 0.3 is 0 Å². The fourth-order valence-electron chi connectivity index (χ4n) is 4.48. The number of nitrogens with zero attached hydrogens (tertiary/aromatic N) is 2. The highest BCUT2D eigenvalue weighted by Crippen LogP contribution is 2.41. The molecule has 2 aromatic carbocycles. The summed E-state index contributed by atoms with van der Waals surface area (Å²) >= 11 is 0. The predicted octanol–water partition coefficient (Wildman–Crippen LogP) is 4.68. The molecule has 1 amide bonds. The van der Waals surface area contributed by atoms with Crippen molar-refractivity contribution >= 4 is 22.9 Å². The van der Waals surface area contributed by atoms with Gasteiger partial charge in [0.25, 0.3) is 5.91 Å². The zero-order valence-corrected chi connectivity index (χ0v) is 18.6. The van der Waals surface area contributed by atoms with Gasteiger partial charge < -0.3 is 15.0 Å². The normalized spacial score (nSPS) is 16.5. The molecule has 0 fully saturated rings. The lowest BCUT2D eigenvalue weighted by Gasteiger charge is -2.20. The molecule has 0 radical (unpaired) electrons. The third kappa shape index (κ3) is 4.39. The van der Waals surface area contributed by atoms with Crippen molar-refractivity contribution in [2.75, 3.05) is 25.0 Å². The molecule has 6 heteroatoms. The highest BCUT2D eigenvalue weighted by Gasteiger charge is 2.32. The number of pyridine rings is 1. The van der Waals surface area contributed by atoms with Crippen molar-refractivity contribution < 1.29 is 13.9 Å². The number of anilines is 1. The molecule has 2 aliphatic rings. The molecule has 168 valence electrons. The van der Waals surface area contributed by atoms with E-state index in [0.717, 1.165) is 49.3 Å². The molecule has 1 aromatic heterocycles. The molecule has 0 spiro atoms. The van der Waals surface area contributed by atoms with Gasteiger partial charge in [0.05, 0.1) is 5.57 Å². The van der Waals surface area contributed by atoms with Crippen LogP contribution in [0, 0.1) is 5.82 Å². The third-order valence-corrected chi connectivity index (χ3v) is 6.31. The van der Waals surface area contributed by atoms with E-state index in [0.29, 0.717) is 29.2 Å². The van der Waals surface area contributed by atoms with E-state index in [1.165, 1.54) is 17.7 Å². The minimum absolute atomic E-state index is 0.256. The van der Waals surface area contributed by atoms with Crippen LogP contribution in [0.25, 0.3) is 11.3 Å². The predicted molar refractivity (Wildman–Crippen MR) is 127 cm³/mol. The highest BCUT2D eigenvalue weighted by atomic mass is 19.1. The molecular formula is C27H26FN3O2. The van der Waals surface area contributed by atoms with Crippen LogP contribution in [0.4, 0.5) is 10.1 Å². The topological polar surface area (TPSA) is 54.5 Å². The van der Waals surface area contributed by atoms with Crippen molar-refractivity contribution in [1.29, 1.82) is 0 Å².